The van der Waals surface area contributed by atoms with E-state index in [1.54, 1.807) is 70.7 Å². The number of halogens is 1. The van der Waals surface area contributed by atoms with E-state index in [1.807, 2.05) is 19.1 Å². The number of aromatic nitrogens is 2. The Bertz CT molecular complexity index is 3190. The van der Waals surface area contributed by atoms with Crippen molar-refractivity contribution in [2.45, 2.75) is 96.2 Å². The van der Waals surface area contributed by atoms with Gasteiger partial charge in [-0.25, -0.2) is 9.37 Å². The first-order valence-corrected chi connectivity index (χ1v) is 28.2. The molecule has 2 fully saturated rings. The Morgan fingerprint density at radius 1 is 0.892 bits per heavy atom. The molecule has 7 amide bonds. The summed E-state index contributed by atoms with van der Waals surface area (Å²) in [6.07, 6.45) is 0.461. The van der Waals surface area contributed by atoms with E-state index in [2.05, 4.69) is 36.7 Å². The van der Waals surface area contributed by atoms with Gasteiger partial charge in [-0.05, 0) is 85.0 Å². The number of β-amino-alcohol motifs (C(OH)–C–C–N with tert-alkyl or cyclic N) is 1. The molecular formula is C58H70FN9O14S. The highest BCUT2D eigenvalue weighted by Crippen LogP contribution is 2.41. The van der Waals surface area contributed by atoms with Gasteiger partial charge in [0.15, 0.2) is 30.3 Å². The number of fused-ring (bicyclic) bond motifs is 1. The first kappa shape index (κ1) is 61.1. The first-order chi connectivity index (χ1) is 39.6. The number of hydrogen-bond acceptors (Lipinski definition) is 17. The fourth-order valence-corrected chi connectivity index (χ4v) is 10.3. The van der Waals surface area contributed by atoms with E-state index in [0.717, 1.165) is 33.7 Å². The molecule has 83 heavy (non-hydrogen) atoms. The minimum Gasteiger partial charge on any atom is -0.507 e. The Morgan fingerprint density at radius 2 is 1.59 bits per heavy atom. The third-order valence-electron chi connectivity index (χ3n) is 14.3. The fraction of sp³-hybridized carbons (Fsp3) is 0.466. The minimum atomic E-state index is -2.01. The smallest absolute Gasteiger partial charge is 0.273 e. The van der Waals surface area contributed by atoms with E-state index in [0.29, 0.717) is 29.0 Å². The van der Waals surface area contributed by atoms with Crippen LogP contribution in [0.1, 0.15) is 95.7 Å². The number of phenols is 1. The maximum Gasteiger partial charge on any atom is 0.273 e. The third kappa shape index (κ3) is 15.8. The number of aromatic hydroxyl groups is 1. The summed E-state index contributed by atoms with van der Waals surface area (Å²) in [4.78, 5) is 99.3. The molecule has 0 radical (unpaired) electrons. The van der Waals surface area contributed by atoms with Crippen LogP contribution in [0.25, 0.3) is 21.8 Å². The van der Waals surface area contributed by atoms with Gasteiger partial charge in [0.2, 0.25) is 11.8 Å². The lowest BCUT2D eigenvalue weighted by molar-refractivity contribution is -0.145. The number of rotatable bonds is 26. The summed E-state index contributed by atoms with van der Waals surface area (Å²) in [5.74, 6) is -2.86. The lowest BCUT2D eigenvalue weighted by Crippen LogP contribution is -2.59. The number of likely N-dealkylation sites (tertiary alicyclic amines) is 1. The van der Waals surface area contributed by atoms with Crippen LogP contribution < -0.4 is 36.1 Å². The molecule has 23 nitrogen and oxygen atoms in total. The molecule has 25 heteroatoms. The van der Waals surface area contributed by atoms with Gasteiger partial charge < -0.3 is 70.1 Å². The summed E-state index contributed by atoms with van der Waals surface area (Å²) in [6, 6.07) is 14.2. The molecule has 3 aliphatic rings. The van der Waals surface area contributed by atoms with Crippen molar-refractivity contribution in [2.24, 2.45) is 5.41 Å². The van der Waals surface area contributed by atoms with E-state index in [-0.39, 0.29) is 126 Å². The van der Waals surface area contributed by atoms with Crippen LogP contribution in [0.2, 0.25) is 0 Å². The molecule has 0 bridgehead atoms. The molecule has 1 saturated carbocycles. The number of alkyl halides is 1. The number of hydrogen-bond donors (Lipinski definition) is 7. The van der Waals surface area contributed by atoms with Gasteiger partial charge >= 0.3 is 0 Å². The van der Waals surface area contributed by atoms with Crippen molar-refractivity contribution >= 4 is 52.7 Å². The van der Waals surface area contributed by atoms with Gasteiger partial charge in [-0.3, -0.25) is 33.6 Å². The van der Waals surface area contributed by atoms with Gasteiger partial charge in [0.05, 0.1) is 60.2 Å². The summed E-state index contributed by atoms with van der Waals surface area (Å²) in [7, 11) is 3.16. The van der Waals surface area contributed by atoms with Gasteiger partial charge in [-0.2, -0.15) is 0 Å². The quantitative estimate of drug-likeness (QED) is 0.0386. The van der Waals surface area contributed by atoms with E-state index in [9.17, 15) is 48.2 Å². The molecule has 8 rings (SSSR count). The topological polar surface area (TPSA) is 302 Å². The monoisotopic (exact) mass is 1170 g/mol. The summed E-state index contributed by atoms with van der Waals surface area (Å²) in [5, 5.41) is 38.9. The van der Waals surface area contributed by atoms with Crippen molar-refractivity contribution in [3.8, 4) is 39.0 Å². The summed E-state index contributed by atoms with van der Waals surface area (Å²) in [6.45, 7) is 7.48. The van der Waals surface area contributed by atoms with Crippen molar-refractivity contribution in [3.63, 3.8) is 0 Å². The third-order valence-corrected chi connectivity index (χ3v) is 15.3. The average molecular weight is 1170 g/mol. The number of aryl methyl sites for hydroxylation is 2. The maximum absolute atomic E-state index is 14.7. The van der Waals surface area contributed by atoms with E-state index in [1.165, 1.54) is 39.3 Å². The lowest BCUT2D eigenvalue weighted by Gasteiger charge is -2.35. The number of nitrogens with zero attached hydrogens (tertiary/aromatic N) is 4. The standard InChI is InChI=1S/C58H70FN9O14S/c1-33-50(83-32-63-33)36-7-8-37(28-62-53(74)44-25-38(69)29-68(44)55(76)51(57(2,3)4)65-56(77)58(59)15-16-58)46(24-36)81-31-49(72)61-18-20-79-22-21-78-19-17-60-48(71)30-80-39-12-9-34-11-14-42(41(34)26-39)64-52(73)43-27-47(82-66-43)35-10-13-40(45(70)23-35)54(75)67(5)6/h7-10,12-13,23-24,26-27,32,38,42,44,51,69-70H,11,14-22,25,28-31H2,1-6H3,(H,60,71)(H,61,72)(H,62,74)(H,64,73)(H,65,77)/t38-,42-,44+,51?/m1/s1. The number of aliphatic hydroxyl groups is 1. The van der Waals surface area contributed by atoms with Gasteiger partial charge in [0.1, 0.15) is 29.3 Å². The molecule has 2 aliphatic carbocycles. The predicted molar refractivity (Wildman–Crippen MR) is 300 cm³/mol. The molecule has 0 spiro atoms. The number of amides is 7. The normalized spacial score (nSPS) is 17.2. The molecule has 1 aliphatic heterocycles. The number of aliphatic hydroxyl groups excluding tert-OH is 1. The number of phenolic OH excluding ortho intramolecular Hbond substituents is 1. The number of carbonyl (C=O) groups is 7. The number of carbonyl (C=O) groups excluding carboxylic acids is 7. The van der Waals surface area contributed by atoms with E-state index in [4.69, 9.17) is 23.5 Å². The first-order valence-electron chi connectivity index (χ1n) is 27.3. The van der Waals surface area contributed by atoms with Crippen LogP contribution in [-0.4, -0.2) is 169 Å². The van der Waals surface area contributed by atoms with Crippen LogP contribution in [0, 0.1) is 12.3 Å². The van der Waals surface area contributed by atoms with E-state index >= 15 is 0 Å². The Morgan fingerprint density at radius 3 is 2.24 bits per heavy atom. The van der Waals surface area contributed by atoms with Crippen molar-refractivity contribution in [1.82, 2.24) is 46.5 Å². The summed E-state index contributed by atoms with van der Waals surface area (Å²) < 4.78 is 43.0. The van der Waals surface area contributed by atoms with Gasteiger partial charge in [0.25, 0.3) is 29.5 Å². The molecule has 7 N–H and O–H groups in total. The molecule has 4 atom stereocenters. The Balaban J connectivity index is 0.713. The van der Waals surface area contributed by atoms with E-state index < -0.39 is 58.8 Å². The summed E-state index contributed by atoms with van der Waals surface area (Å²) in [5.41, 5.74) is 3.47. The van der Waals surface area contributed by atoms with Crippen LogP contribution >= 0.6 is 11.3 Å². The summed E-state index contributed by atoms with van der Waals surface area (Å²) >= 11 is 1.43. The Kier molecular flexibility index (Phi) is 19.8. The minimum absolute atomic E-state index is 0.0364. The molecule has 5 aromatic rings. The molecule has 2 aromatic heterocycles. The van der Waals surface area contributed by atoms with Crippen molar-refractivity contribution in [2.75, 3.05) is 73.4 Å². The zero-order chi connectivity index (χ0) is 59.6. The van der Waals surface area contributed by atoms with Crippen molar-refractivity contribution in [3.05, 3.63) is 99.8 Å². The highest BCUT2D eigenvalue weighted by atomic mass is 32.1. The average Bonchev–Trinajstić information content (AvgIpc) is 4.19. The highest BCUT2D eigenvalue weighted by molar-refractivity contribution is 7.13. The van der Waals surface area contributed by atoms with Gasteiger partial charge in [-0.15, -0.1) is 11.3 Å². The number of ether oxygens (including phenoxy) is 4. The lowest BCUT2D eigenvalue weighted by atomic mass is 9.85. The van der Waals surface area contributed by atoms with Gasteiger partial charge in [-0.1, -0.05) is 50.2 Å². The van der Waals surface area contributed by atoms with Crippen LogP contribution in [0.3, 0.4) is 0 Å². The van der Waals surface area contributed by atoms with Crippen LogP contribution in [-0.2, 0) is 46.4 Å². The molecule has 3 aromatic carbocycles. The fourth-order valence-electron chi connectivity index (χ4n) is 9.49. The SMILES string of the molecule is Cc1ncsc1-c1ccc(CNC(=O)[C@@H]2C[C@@H](O)CN2C(=O)C(NC(=O)C2(F)CC2)C(C)(C)C)c(OCC(=O)NCCOCCOCCNC(=O)COc2ccc3c(c2)[C@H](NC(=O)c2cc(-c4ccc(C(=O)N(C)C)c(O)c4)on2)CC3)c1. The van der Waals surface area contributed by atoms with Gasteiger partial charge in [0, 0.05) is 63.9 Å². The number of benzene rings is 3. The molecule has 444 valence electrons. The second kappa shape index (κ2) is 26.9. The van der Waals surface area contributed by atoms with Crippen molar-refractivity contribution < 1.29 is 71.6 Å². The maximum atomic E-state index is 14.7. The zero-order valence-corrected chi connectivity index (χ0v) is 48.0. The Hall–Kier alpha value is -8.00. The highest BCUT2D eigenvalue weighted by Gasteiger charge is 2.53. The van der Waals surface area contributed by atoms with Crippen LogP contribution in [0.4, 0.5) is 4.39 Å². The molecular weight excluding hydrogens is 1100 g/mol. The van der Waals surface area contributed by atoms with Crippen molar-refractivity contribution in [1.29, 1.82) is 0 Å². The molecule has 3 heterocycles. The second-order valence-electron chi connectivity index (χ2n) is 21.9. The second-order valence-corrected chi connectivity index (χ2v) is 22.7. The molecule has 1 saturated heterocycles. The number of thiazole rings is 1. The number of nitrogens with one attached hydrogen (secondary N) is 5. The van der Waals surface area contributed by atoms with Crippen LogP contribution in [0.15, 0.2) is 70.7 Å². The zero-order valence-electron chi connectivity index (χ0n) is 47.1. The van der Waals surface area contributed by atoms with Crippen LogP contribution in [0.5, 0.6) is 17.2 Å². The molecule has 1 unspecified atom stereocenters. The predicted octanol–water partition coefficient (Wildman–Crippen LogP) is 3.93. The Labute approximate surface area is 482 Å². The largest absolute Gasteiger partial charge is 0.507 e.